The summed E-state index contributed by atoms with van der Waals surface area (Å²) in [7, 11) is -3.41. The van der Waals surface area contributed by atoms with Crippen LogP contribution in [0.15, 0.2) is 53.6 Å². The molecule has 1 unspecified atom stereocenters. The van der Waals surface area contributed by atoms with Gasteiger partial charge in [0.15, 0.2) is 0 Å². The Bertz CT molecular complexity index is 992. The number of aromatic amines is 1. The van der Waals surface area contributed by atoms with Crippen LogP contribution in [0.1, 0.15) is 37.9 Å². The van der Waals surface area contributed by atoms with Crippen molar-refractivity contribution >= 4 is 20.9 Å². The summed E-state index contributed by atoms with van der Waals surface area (Å²) in [6.45, 7) is 7.43. The standard InChI is InChI=1S/C20H26N4O2S/c1-4-24(5-2)27(25,26)19-10-8-17(9-11-19)15(3)21-13-16-6-7-18-14-22-23-20(18)12-16/h6-12,14-15,21H,4-5,13H2,1-3H3,(H,22,23). The molecule has 0 spiro atoms. The molecule has 0 saturated carbocycles. The molecule has 6 nitrogen and oxygen atoms in total. The highest BCUT2D eigenvalue weighted by Crippen LogP contribution is 2.20. The van der Waals surface area contributed by atoms with Crippen molar-refractivity contribution in [1.29, 1.82) is 0 Å². The lowest BCUT2D eigenvalue weighted by Crippen LogP contribution is -2.30. The third-order valence-corrected chi connectivity index (χ3v) is 6.91. The number of rotatable bonds is 8. The second kappa shape index (κ2) is 8.21. The lowest BCUT2D eigenvalue weighted by atomic mass is 10.1. The average Bonchev–Trinajstić information content (AvgIpc) is 3.14. The van der Waals surface area contributed by atoms with E-state index >= 15 is 0 Å². The Morgan fingerprint density at radius 3 is 2.48 bits per heavy atom. The fraction of sp³-hybridized carbons (Fsp3) is 0.350. The van der Waals surface area contributed by atoms with Crippen LogP contribution in [0, 0.1) is 0 Å². The fourth-order valence-corrected chi connectivity index (χ4v) is 4.58. The number of sulfonamides is 1. The SMILES string of the molecule is CCN(CC)S(=O)(=O)c1ccc(C(C)NCc2ccc3cn[nH]c3c2)cc1. The molecular weight excluding hydrogens is 360 g/mol. The zero-order valence-corrected chi connectivity index (χ0v) is 16.8. The summed E-state index contributed by atoms with van der Waals surface area (Å²) in [6, 6.07) is 13.5. The Kier molecular flexibility index (Phi) is 5.94. The summed E-state index contributed by atoms with van der Waals surface area (Å²) in [4.78, 5) is 0.340. The second-order valence-corrected chi connectivity index (χ2v) is 8.49. The summed E-state index contributed by atoms with van der Waals surface area (Å²) in [5, 5.41) is 11.6. The molecule has 3 aromatic rings. The van der Waals surface area contributed by atoms with Crippen molar-refractivity contribution in [1.82, 2.24) is 19.8 Å². The van der Waals surface area contributed by atoms with E-state index in [0.29, 0.717) is 18.0 Å². The van der Waals surface area contributed by atoms with Crippen LogP contribution in [0.25, 0.3) is 10.9 Å². The van der Waals surface area contributed by atoms with Gasteiger partial charge in [-0.25, -0.2) is 8.42 Å². The van der Waals surface area contributed by atoms with Gasteiger partial charge >= 0.3 is 0 Å². The summed E-state index contributed by atoms with van der Waals surface area (Å²) in [6.07, 6.45) is 1.81. The Morgan fingerprint density at radius 2 is 1.81 bits per heavy atom. The maximum Gasteiger partial charge on any atom is 0.243 e. The molecule has 2 N–H and O–H groups in total. The number of nitrogens with zero attached hydrogens (tertiary/aromatic N) is 2. The van der Waals surface area contributed by atoms with E-state index in [0.717, 1.165) is 23.0 Å². The molecule has 2 aromatic carbocycles. The van der Waals surface area contributed by atoms with E-state index in [1.165, 1.54) is 9.87 Å². The Morgan fingerprint density at radius 1 is 1.11 bits per heavy atom. The van der Waals surface area contributed by atoms with E-state index < -0.39 is 10.0 Å². The van der Waals surface area contributed by atoms with Crippen molar-refractivity contribution in [3.05, 3.63) is 59.8 Å². The minimum Gasteiger partial charge on any atom is -0.306 e. The lowest BCUT2D eigenvalue weighted by molar-refractivity contribution is 0.445. The number of aromatic nitrogens is 2. The van der Waals surface area contributed by atoms with Crippen LogP contribution in [0.3, 0.4) is 0 Å². The average molecular weight is 387 g/mol. The number of H-pyrrole nitrogens is 1. The molecular formula is C20H26N4O2S. The lowest BCUT2D eigenvalue weighted by Gasteiger charge is -2.19. The van der Waals surface area contributed by atoms with E-state index in [4.69, 9.17) is 0 Å². The third kappa shape index (κ3) is 4.21. The molecule has 0 aliphatic carbocycles. The Balaban J connectivity index is 1.67. The van der Waals surface area contributed by atoms with E-state index in [2.05, 4.69) is 34.6 Å². The second-order valence-electron chi connectivity index (χ2n) is 6.55. The molecule has 1 atom stereocenters. The molecule has 0 aliphatic rings. The number of hydrogen-bond acceptors (Lipinski definition) is 4. The topological polar surface area (TPSA) is 78.1 Å². The first-order valence-corrected chi connectivity index (χ1v) is 10.6. The van der Waals surface area contributed by atoms with Crippen molar-refractivity contribution in [3.63, 3.8) is 0 Å². The molecule has 0 aliphatic heterocycles. The maximum absolute atomic E-state index is 12.6. The molecule has 3 rings (SSSR count). The van der Waals surface area contributed by atoms with Gasteiger partial charge < -0.3 is 5.32 Å². The highest BCUT2D eigenvalue weighted by Gasteiger charge is 2.21. The zero-order valence-electron chi connectivity index (χ0n) is 15.9. The van der Waals surface area contributed by atoms with Gasteiger partial charge in [0, 0.05) is 31.1 Å². The highest BCUT2D eigenvalue weighted by atomic mass is 32.2. The van der Waals surface area contributed by atoms with Crippen molar-refractivity contribution in [2.24, 2.45) is 0 Å². The fourth-order valence-electron chi connectivity index (χ4n) is 3.12. The minimum absolute atomic E-state index is 0.104. The molecule has 0 amide bonds. The van der Waals surface area contributed by atoms with Crippen LogP contribution in [0.5, 0.6) is 0 Å². The molecule has 1 heterocycles. The maximum atomic E-state index is 12.6. The summed E-state index contributed by atoms with van der Waals surface area (Å²) in [5.41, 5.74) is 3.24. The van der Waals surface area contributed by atoms with Gasteiger partial charge in [-0.3, -0.25) is 5.10 Å². The van der Waals surface area contributed by atoms with Gasteiger partial charge in [0.05, 0.1) is 16.6 Å². The summed E-state index contributed by atoms with van der Waals surface area (Å²) in [5.74, 6) is 0. The van der Waals surface area contributed by atoms with Crippen LogP contribution in [-0.4, -0.2) is 36.0 Å². The molecule has 27 heavy (non-hydrogen) atoms. The van der Waals surface area contributed by atoms with Gasteiger partial charge in [-0.15, -0.1) is 0 Å². The van der Waals surface area contributed by atoms with E-state index in [1.54, 1.807) is 12.1 Å². The molecule has 0 fully saturated rings. The largest absolute Gasteiger partial charge is 0.306 e. The molecule has 0 radical (unpaired) electrons. The van der Waals surface area contributed by atoms with E-state index in [9.17, 15) is 8.42 Å². The molecule has 0 bridgehead atoms. The molecule has 1 aromatic heterocycles. The van der Waals surface area contributed by atoms with E-state index in [-0.39, 0.29) is 6.04 Å². The molecule has 0 saturated heterocycles. The third-order valence-electron chi connectivity index (χ3n) is 4.84. The smallest absolute Gasteiger partial charge is 0.243 e. The summed E-state index contributed by atoms with van der Waals surface area (Å²) < 4.78 is 26.6. The van der Waals surface area contributed by atoms with Crippen LogP contribution < -0.4 is 5.32 Å². The normalized spacial score (nSPS) is 13.3. The highest BCUT2D eigenvalue weighted by molar-refractivity contribution is 7.89. The van der Waals surface area contributed by atoms with Gasteiger partial charge in [0.25, 0.3) is 0 Å². The Labute approximate surface area is 160 Å². The first-order valence-electron chi connectivity index (χ1n) is 9.21. The van der Waals surface area contributed by atoms with Crippen LogP contribution >= 0.6 is 0 Å². The number of benzene rings is 2. The monoisotopic (exact) mass is 386 g/mol. The predicted molar refractivity (Wildman–Crippen MR) is 108 cm³/mol. The van der Waals surface area contributed by atoms with Crippen LogP contribution in [0.2, 0.25) is 0 Å². The van der Waals surface area contributed by atoms with Crippen molar-refractivity contribution in [2.45, 2.75) is 38.3 Å². The quantitative estimate of drug-likeness (QED) is 0.622. The number of fused-ring (bicyclic) bond motifs is 1. The van der Waals surface area contributed by atoms with Crippen LogP contribution in [-0.2, 0) is 16.6 Å². The van der Waals surface area contributed by atoms with Gasteiger partial charge in [0.1, 0.15) is 0 Å². The van der Waals surface area contributed by atoms with Crippen LogP contribution in [0.4, 0.5) is 0 Å². The minimum atomic E-state index is -3.41. The predicted octanol–water partition coefficient (Wildman–Crippen LogP) is 3.44. The first kappa shape index (κ1) is 19.5. The van der Waals surface area contributed by atoms with Gasteiger partial charge in [-0.1, -0.05) is 38.1 Å². The van der Waals surface area contributed by atoms with Gasteiger partial charge in [0.2, 0.25) is 10.0 Å². The Hall–Kier alpha value is -2.22. The van der Waals surface area contributed by atoms with Crippen molar-refractivity contribution in [2.75, 3.05) is 13.1 Å². The number of nitrogens with one attached hydrogen (secondary N) is 2. The number of hydrogen-bond donors (Lipinski definition) is 2. The zero-order chi connectivity index (χ0) is 19.4. The van der Waals surface area contributed by atoms with Gasteiger partial charge in [-0.2, -0.15) is 9.40 Å². The summed E-state index contributed by atoms with van der Waals surface area (Å²) >= 11 is 0. The molecule has 144 valence electrons. The first-order chi connectivity index (χ1) is 13.0. The van der Waals surface area contributed by atoms with E-state index in [1.807, 2.05) is 38.2 Å². The van der Waals surface area contributed by atoms with Crippen molar-refractivity contribution < 1.29 is 8.42 Å². The molecule has 7 heteroatoms. The van der Waals surface area contributed by atoms with Gasteiger partial charge in [-0.05, 0) is 36.2 Å². The van der Waals surface area contributed by atoms with Crippen molar-refractivity contribution in [3.8, 4) is 0 Å².